The van der Waals surface area contributed by atoms with Crippen LogP contribution in [0.25, 0.3) is 0 Å². The summed E-state index contributed by atoms with van der Waals surface area (Å²) in [5, 5.41) is 8.10. The Morgan fingerprint density at radius 3 is 2.43 bits per heavy atom. The van der Waals surface area contributed by atoms with E-state index in [0.717, 1.165) is 0 Å². The van der Waals surface area contributed by atoms with Crippen molar-refractivity contribution >= 4 is 17.5 Å². The van der Waals surface area contributed by atoms with E-state index in [1.165, 1.54) is 18.2 Å². The number of amides is 2. The van der Waals surface area contributed by atoms with E-state index in [1.807, 2.05) is 20.8 Å². The fourth-order valence-electron chi connectivity index (χ4n) is 1.82. The molecule has 0 heterocycles. The van der Waals surface area contributed by atoms with Gasteiger partial charge in [0.2, 0.25) is 5.91 Å². The molecule has 0 aromatic heterocycles. The van der Waals surface area contributed by atoms with Crippen LogP contribution >= 0.6 is 0 Å². The van der Waals surface area contributed by atoms with Gasteiger partial charge in [-0.05, 0) is 39.8 Å². The van der Waals surface area contributed by atoms with E-state index in [0.29, 0.717) is 6.54 Å². The van der Waals surface area contributed by atoms with Crippen LogP contribution in [0, 0.1) is 5.82 Å². The lowest BCUT2D eigenvalue weighted by molar-refractivity contribution is -0.123. The molecule has 2 amide bonds. The largest absolute Gasteiger partial charge is 0.382 e. The van der Waals surface area contributed by atoms with Gasteiger partial charge in [0, 0.05) is 12.6 Å². The summed E-state index contributed by atoms with van der Waals surface area (Å²) in [5.74, 6) is -1.26. The Labute approximate surface area is 124 Å². The zero-order chi connectivity index (χ0) is 16.0. The lowest BCUT2D eigenvalue weighted by Gasteiger charge is -2.17. The van der Waals surface area contributed by atoms with Gasteiger partial charge in [0.05, 0.1) is 11.3 Å². The summed E-state index contributed by atoms with van der Waals surface area (Å²) >= 11 is 0. The number of carbonyl (C=O) groups is 2. The second-order valence-electron chi connectivity index (χ2n) is 5.05. The number of carbonyl (C=O) groups excluding carboxylic acids is 2. The van der Waals surface area contributed by atoms with Crippen molar-refractivity contribution in [1.29, 1.82) is 0 Å². The highest BCUT2D eigenvalue weighted by Gasteiger charge is 2.20. The van der Waals surface area contributed by atoms with Crippen molar-refractivity contribution in [2.24, 2.45) is 0 Å². The van der Waals surface area contributed by atoms with Gasteiger partial charge in [0.1, 0.15) is 11.9 Å². The molecule has 0 fully saturated rings. The molecule has 0 aliphatic rings. The molecule has 0 aliphatic heterocycles. The minimum atomic E-state index is -0.697. The van der Waals surface area contributed by atoms with Crippen LogP contribution in [-0.4, -0.2) is 30.4 Å². The highest BCUT2D eigenvalue weighted by atomic mass is 19.1. The number of para-hydroxylation sites is 1. The van der Waals surface area contributed by atoms with Gasteiger partial charge in [-0.2, -0.15) is 0 Å². The third kappa shape index (κ3) is 4.73. The van der Waals surface area contributed by atoms with Crippen molar-refractivity contribution in [3.63, 3.8) is 0 Å². The summed E-state index contributed by atoms with van der Waals surface area (Å²) in [6.07, 6.45) is 0. The predicted molar refractivity (Wildman–Crippen MR) is 80.8 cm³/mol. The van der Waals surface area contributed by atoms with E-state index in [2.05, 4.69) is 16.0 Å². The number of hydrogen-bond acceptors (Lipinski definition) is 3. The SMILES string of the molecule is CCNc1c(F)cccc1C(=O)NC(C)C(=O)NC(C)C. The number of benzene rings is 1. The Balaban J connectivity index is 2.85. The van der Waals surface area contributed by atoms with Crippen LogP contribution in [0.2, 0.25) is 0 Å². The fraction of sp³-hybridized carbons (Fsp3) is 0.467. The molecule has 0 spiro atoms. The lowest BCUT2D eigenvalue weighted by Crippen LogP contribution is -2.46. The van der Waals surface area contributed by atoms with Crippen LogP contribution in [0.3, 0.4) is 0 Å². The van der Waals surface area contributed by atoms with Crippen LogP contribution < -0.4 is 16.0 Å². The molecule has 1 aromatic carbocycles. The maximum Gasteiger partial charge on any atom is 0.254 e. The first-order valence-corrected chi connectivity index (χ1v) is 7.00. The van der Waals surface area contributed by atoms with Crippen molar-refractivity contribution in [1.82, 2.24) is 10.6 Å². The quantitative estimate of drug-likeness (QED) is 0.750. The van der Waals surface area contributed by atoms with E-state index in [4.69, 9.17) is 0 Å². The maximum atomic E-state index is 13.7. The first-order valence-electron chi connectivity index (χ1n) is 7.00. The Morgan fingerprint density at radius 1 is 1.19 bits per heavy atom. The van der Waals surface area contributed by atoms with Gasteiger partial charge in [-0.1, -0.05) is 6.07 Å². The van der Waals surface area contributed by atoms with Gasteiger partial charge in [-0.3, -0.25) is 9.59 Å². The smallest absolute Gasteiger partial charge is 0.254 e. The van der Waals surface area contributed by atoms with Gasteiger partial charge in [0.25, 0.3) is 5.91 Å². The standard InChI is InChI=1S/C15H22FN3O2/c1-5-17-13-11(7-6-8-12(13)16)15(21)19-10(4)14(20)18-9(2)3/h6-10,17H,5H2,1-4H3,(H,18,20)(H,19,21). The summed E-state index contributed by atoms with van der Waals surface area (Å²) in [4.78, 5) is 24.0. The van der Waals surface area contributed by atoms with Gasteiger partial charge < -0.3 is 16.0 Å². The first kappa shape index (κ1) is 16.9. The summed E-state index contributed by atoms with van der Waals surface area (Å²) in [6, 6.07) is 3.55. The molecule has 6 heteroatoms. The van der Waals surface area contributed by atoms with Crippen molar-refractivity contribution in [3.05, 3.63) is 29.6 Å². The zero-order valence-electron chi connectivity index (χ0n) is 12.8. The molecule has 1 aromatic rings. The molecule has 0 saturated carbocycles. The summed E-state index contributed by atoms with van der Waals surface area (Å²) in [7, 11) is 0. The van der Waals surface area contributed by atoms with Gasteiger partial charge >= 0.3 is 0 Å². The second kappa shape index (κ2) is 7.61. The summed E-state index contributed by atoms with van der Waals surface area (Å²) in [6.45, 7) is 7.56. The fourth-order valence-corrected chi connectivity index (χ4v) is 1.82. The van der Waals surface area contributed by atoms with E-state index >= 15 is 0 Å². The molecular weight excluding hydrogens is 273 g/mol. The monoisotopic (exact) mass is 295 g/mol. The normalized spacial score (nSPS) is 11.9. The Bertz CT molecular complexity index is 518. The van der Waals surface area contributed by atoms with Gasteiger partial charge in [-0.25, -0.2) is 4.39 Å². The van der Waals surface area contributed by atoms with Crippen LogP contribution in [0.1, 0.15) is 38.1 Å². The van der Waals surface area contributed by atoms with E-state index in [9.17, 15) is 14.0 Å². The van der Waals surface area contributed by atoms with Crippen molar-refractivity contribution in [2.45, 2.75) is 39.8 Å². The predicted octanol–water partition coefficient (Wildman–Crippen LogP) is 1.90. The van der Waals surface area contributed by atoms with E-state index in [1.54, 1.807) is 6.92 Å². The number of nitrogens with one attached hydrogen (secondary N) is 3. The third-order valence-corrected chi connectivity index (χ3v) is 2.78. The zero-order valence-corrected chi connectivity index (χ0v) is 12.8. The van der Waals surface area contributed by atoms with Crippen LogP contribution in [-0.2, 0) is 4.79 Å². The third-order valence-electron chi connectivity index (χ3n) is 2.78. The number of halogens is 1. The lowest BCUT2D eigenvalue weighted by atomic mass is 10.1. The van der Waals surface area contributed by atoms with E-state index in [-0.39, 0.29) is 23.2 Å². The topological polar surface area (TPSA) is 70.2 Å². The first-order chi connectivity index (χ1) is 9.86. The number of anilines is 1. The molecule has 5 nitrogen and oxygen atoms in total. The summed E-state index contributed by atoms with van der Waals surface area (Å²) in [5.41, 5.74) is 0.329. The molecule has 0 aliphatic carbocycles. The minimum absolute atomic E-state index is 0.0108. The van der Waals surface area contributed by atoms with Gasteiger partial charge in [0.15, 0.2) is 0 Å². The molecule has 0 saturated heterocycles. The van der Waals surface area contributed by atoms with Crippen molar-refractivity contribution in [3.8, 4) is 0 Å². The Morgan fingerprint density at radius 2 is 1.86 bits per heavy atom. The van der Waals surface area contributed by atoms with Crippen molar-refractivity contribution < 1.29 is 14.0 Å². The molecule has 21 heavy (non-hydrogen) atoms. The Hall–Kier alpha value is -2.11. The van der Waals surface area contributed by atoms with Crippen LogP contribution in [0.5, 0.6) is 0 Å². The molecular formula is C15H22FN3O2. The number of hydrogen-bond donors (Lipinski definition) is 3. The molecule has 0 radical (unpaired) electrons. The highest BCUT2D eigenvalue weighted by molar-refractivity contribution is 6.01. The average Bonchev–Trinajstić information content (AvgIpc) is 2.40. The molecule has 1 atom stereocenters. The second-order valence-corrected chi connectivity index (χ2v) is 5.05. The highest BCUT2D eigenvalue weighted by Crippen LogP contribution is 2.19. The number of rotatable bonds is 6. The van der Waals surface area contributed by atoms with Crippen LogP contribution in [0.15, 0.2) is 18.2 Å². The minimum Gasteiger partial charge on any atom is -0.382 e. The maximum absolute atomic E-state index is 13.7. The molecule has 1 rings (SSSR count). The Kier molecular flexibility index (Phi) is 6.14. The van der Waals surface area contributed by atoms with E-state index < -0.39 is 17.8 Å². The van der Waals surface area contributed by atoms with Crippen molar-refractivity contribution in [2.75, 3.05) is 11.9 Å². The average molecular weight is 295 g/mol. The van der Waals surface area contributed by atoms with Crippen LogP contribution in [0.4, 0.5) is 10.1 Å². The molecule has 116 valence electrons. The summed E-state index contributed by atoms with van der Waals surface area (Å²) < 4.78 is 13.7. The molecule has 1 unspecified atom stereocenters. The molecule has 0 bridgehead atoms. The molecule has 3 N–H and O–H groups in total. The van der Waals surface area contributed by atoms with Gasteiger partial charge in [-0.15, -0.1) is 0 Å².